The predicted octanol–water partition coefficient (Wildman–Crippen LogP) is 2.74. The quantitative estimate of drug-likeness (QED) is 0.800. The molecule has 0 aromatic carbocycles. The van der Waals surface area contributed by atoms with Gasteiger partial charge in [-0.05, 0) is 38.9 Å². The Labute approximate surface area is 98.9 Å². The van der Waals surface area contributed by atoms with E-state index in [4.69, 9.17) is 0 Å². The fourth-order valence-electron chi connectivity index (χ4n) is 1.56. The van der Waals surface area contributed by atoms with E-state index in [1.54, 1.807) is 0 Å². The maximum absolute atomic E-state index is 4.37. The molecule has 16 heavy (non-hydrogen) atoms. The lowest BCUT2D eigenvalue weighted by Gasteiger charge is -2.23. The van der Waals surface area contributed by atoms with Gasteiger partial charge in [0.2, 0.25) is 0 Å². The summed E-state index contributed by atoms with van der Waals surface area (Å²) in [6, 6.07) is 4.81. The number of rotatable bonds is 6. The Morgan fingerprint density at radius 2 is 2.12 bits per heavy atom. The average Bonchev–Trinajstić information content (AvgIpc) is 2.31. The molecule has 1 heterocycles. The molecular formula is C13H23N3. The predicted molar refractivity (Wildman–Crippen MR) is 69.6 cm³/mol. The first-order valence-electron chi connectivity index (χ1n) is 6.06. The standard InChI is InChI=1S/C13H23N3/c1-5-11(3)16(4)10-12-7-8-13(14-6-2)15-9-12/h7-9,11H,5-6,10H2,1-4H3,(H,14,15). The van der Waals surface area contributed by atoms with E-state index in [1.165, 1.54) is 12.0 Å². The van der Waals surface area contributed by atoms with Crippen molar-refractivity contribution in [2.24, 2.45) is 0 Å². The van der Waals surface area contributed by atoms with Gasteiger partial charge in [0, 0.05) is 25.3 Å². The molecule has 1 atom stereocenters. The van der Waals surface area contributed by atoms with Gasteiger partial charge in [0.1, 0.15) is 5.82 Å². The number of anilines is 1. The van der Waals surface area contributed by atoms with Crippen molar-refractivity contribution in [1.29, 1.82) is 0 Å². The van der Waals surface area contributed by atoms with Gasteiger partial charge in [-0.3, -0.25) is 4.90 Å². The van der Waals surface area contributed by atoms with E-state index in [-0.39, 0.29) is 0 Å². The monoisotopic (exact) mass is 221 g/mol. The first kappa shape index (κ1) is 13.0. The third kappa shape index (κ3) is 3.81. The maximum atomic E-state index is 4.37. The Hall–Kier alpha value is -1.09. The Morgan fingerprint density at radius 3 is 2.62 bits per heavy atom. The third-order valence-corrected chi connectivity index (χ3v) is 2.96. The number of aromatic nitrogens is 1. The van der Waals surface area contributed by atoms with Crippen molar-refractivity contribution in [2.45, 2.75) is 39.8 Å². The molecule has 0 aliphatic rings. The van der Waals surface area contributed by atoms with Crippen LogP contribution in [0.4, 0.5) is 5.82 Å². The van der Waals surface area contributed by atoms with Gasteiger partial charge in [0.25, 0.3) is 0 Å². The van der Waals surface area contributed by atoms with Crippen LogP contribution in [0, 0.1) is 0 Å². The van der Waals surface area contributed by atoms with Crippen LogP contribution in [0.1, 0.15) is 32.8 Å². The van der Waals surface area contributed by atoms with Crippen LogP contribution in [-0.4, -0.2) is 29.5 Å². The van der Waals surface area contributed by atoms with Crippen molar-refractivity contribution in [3.63, 3.8) is 0 Å². The SMILES string of the molecule is CCNc1ccc(CN(C)C(C)CC)cn1. The van der Waals surface area contributed by atoms with E-state index < -0.39 is 0 Å². The Balaban J connectivity index is 2.54. The molecule has 0 radical (unpaired) electrons. The number of pyridine rings is 1. The second kappa shape index (κ2) is 6.48. The van der Waals surface area contributed by atoms with Crippen molar-refractivity contribution < 1.29 is 0 Å². The van der Waals surface area contributed by atoms with Gasteiger partial charge in [-0.1, -0.05) is 13.0 Å². The maximum Gasteiger partial charge on any atom is 0.125 e. The zero-order valence-corrected chi connectivity index (χ0v) is 10.8. The van der Waals surface area contributed by atoms with E-state index in [2.05, 4.69) is 49.1 Å². The molecule has 1 aromatic heterocycles. The minimum Gasteiger partial charge on any atom is -0.370 e. The number of nitrogens with one attached hydrogen (secondary N) is 1. The molecule has 1 N–H and O–H groups in total. The van der Waals surface area contributed by atoms with Gasteiger partial charge < -0.3 is 5.32 Å². The van der Waals surface area contributed by atoms with Crippen LogP contribution in [0.2, 0.25) is 0 Å². The van der Waals surface area contributed by atoms with E-state index in [0.29, 0.717) is 6.04 Å². The van der Waals surface area contributed by atoms with Gasteiger partial charge in [-0.25, -0.2) is 4.98 Å². The highest BCUT2D eigenvalue weighted by Gasteiger charge is 2.07. The first-order valence-corrected chi connectivity index (χ1v) is 6.06. The molecule has 1 rings (SSSR count). The molecule has 3 heteroatoms. The molecule has 0 spiro atoms. The molecule has 3 nitrogen and oxygen atoms in total. The molecule has 1 aromatic rings. The second-order valence-corrected chi connectivity index (χ2v) is 4.25. The normalized spacial score (nSPS) is 12.8. The largest absolute Gasteiger partial charge is 0.370 e. The molecule has 0 saturated carbocycles. The minimum absolute atomic E-state index is 0.619. The Morgan fingerprint density at radius 1 is 1.38 bits per heavy atom. The van der Waals surface area contributed by atoms with Gasteiger partial charge >= 0.3 is 0 Å². The molecular weight excluding hydrogens is 198 g/mol. The first-order chi connectivity index (χ1) is 7.67. The van der Waals surface area contributed by atoms with Crippen molar-refractivity contribution >= 4 is 5.82 Å². The van der Waals surface area contributed by atoms with Crippen LogP contribution in [0.3, 0.4) is 0 Å². The molecule has 0 aliphatic carbocycles. The number of hydrogen-bond acceptors (Lipinski definition) is 3. The van der Waals surface area contributed by atoms with Crippen LogP contribution < -0.4 is 5.32 Å². The van der Waals surface area contributed by atoms with Crippen LogP contribution in [0.25, 0.3) is 0 Å². The lowest BCUT2D eigenvalue weighted by atomic mass is 10.2. The number of nitrogens with zero attached hydrogens (tertiary/aromatic N) is 2. The second-order valence-electron chi connectivity index (χ2n) is 4.25. The van der Waals surface area contributed by atoms with Gasteiger partial charge in [0.05, 0.1) is 0 Å². The van der Waals surface area contributed by atoms with E-state index >= 15 is 0 Å². The zero-order chi connectivity index (χ0) is 12.0. The van der Waals surface area contributed by atoms with Crippen molar-refractivity contribution in [2.75, 3.05) is 18.9 Å². The summed E-state index contributed by atoms with van der Waals surface area (Å²) in [7, 11) is 2.16. The summed E-state index contributed by atoms with van der Waals surface area (Å²) < 4.78 is 0. The lowest BCUT2D eigenvalue weighted by molar-refractivity contribution is 0.243. The van der Waals surface area contributed by atoms with Crippen LogP contribution in [-0.2, 0) is 6.54 Å². The van der Waals surface area contributed by atoms with E-state index in [0.717, 1.165) is 18.9 Å². The molecule has 90 valence electrons. The van der Waals surface area contributed by atoms with Crippen LogP contribution >= 0.6 is 0 Å². The third-order valence-electron chi connectivity index (χ3n) is 2.96. The van der Waals surface area contributed by atoms with E-state index in [9.17, 15) is 0 Å². The fourth-order valence-corrected chi connectivity index (χ4v) is 1.56. The molecule has 0 fully saturated rings. The Bertz CT molecular complexity index is 295. The lowest BCUT2D eigenvalue weighted by Crippen LogP contribution is -2.27. The topological polar surface area (TPSA) is 28.2 Å². The van der Waals surface area contributed by atoms with Crippen LogP contribution in [0.5, 0.6) is 0 Å². The summed E-state index contributed by atoms with van der Waals surface area (Å²) in [5, 5.41) is 3.20. The van der Waals surface area contributed by atoms with Gasteiger partial charge in [-0.15, -0.1) is 0 Å². The summed E-state index contributed by atoms with van der Waals surface area (Å²) in [6.45, 7) is 8.42. The van der Waals surface area contributed by atoms with Crippen molar-refractivity contribution in [3.8, 4) is 0 Å². The van der Waals surface area contributed by atoms with E-state index in [1.807, 2.05) is 12.3 Å². The van der Waals surface area contributed by atoms with Crippen LogP contribution in [0.15, 0.2) is 18.3 Å². The minimum atomic E-state index is 0.619. The van der Waals surface area contributed by atoms with Gasteiger partial charge in [0.15, 0.2) is 0 Å². The fraction of sp³-hybridized carbons (Fsp3) is 0.615. The highest BCUT2D eigenvalue weighted by atomic mass is 15.1. The smallest absolute Gasteiger partial charge is 0.125 e. The highest BCUT2D eigenvalue weighted by Crippen LogP contribution is 2.09. The zero-order valence-electron chi connectivity index (χ0n) is 10.8. The number of hydrogen-bond donors (Lipinski definition) is 1. The summed E-state index contributed by atoms with van der Waals surface area (Å²) in [5.41, 5.74) is 1.27. The molecule has 0 bridgehead atoms. The average molecular weight is 221 g/mol. The summed E-state index contributed by atoms with van der Waals surface area (Å²) in [4.78, 5) is 6.72. The molecule has 0 aliphatic heterocycles. The summed E-state index contributed by atoms with van der Waals surface area (Å²) in [5.74, 6) is 0.956. The van der Waals surface area contributed by atoms with Gasteiger partial charge in [-0.2, -0.15) is 0 Å². The van der Waals surface area contributed by atoms with Crippen molar-refractivity contribution in [1.82, 2.24) is 9.88 Å². The summed E-state index contributed by atoms with van der Waals surface area (Å²) >= 11 is 0. The molecule has 1 unspecified atom stereocenters. The van der Waals surface area contributed by atoms with Crippen molar-refractivity contribution in [3.05, 3.63) is 23.9 Å². The Kier molecular flexibility index (Phi) is 5.26. The summed E-state index contributed by atoms with van der Waals surface area (Å²) in [6.07, 6.45) is 3.14. The molecule has 0 saturated heterocycles. The highest BCUT2D eigenvalue weighted by molar-refractivity contribution is 5.35. The molecule has 0 amide bonds.